The summed E-state index contributed by atoms with van der Waals surface area (Å²) in [6.45, 7) is 6.06. The molecule has 0 amide bonds. The number of aliphatic imine (C=N–C) groups is 1. The summed E-state index contributed by atoms with van der Waals surface area (Å²) in [5, 5.41) is 10.8. The monoisotopic (exact) mass is 490 g/mol. The summed E-state index contributed by atoms with van der Waals surface area (Å²) in [4.78, 5) is 11.4. The highest BCUT2D eigenvalue weighted by molar-refractivity contribution is 14.0. The van der Waals surface area contributed by atoms with Gasteiger partial charge in [0.2, 0.25) is 5.89 Å². The molecule has 1 aliphatic heterocycles. The fourth-order valence-electron chi connectivity index (χ4n) is 4.38. The molecular weight excluding hydrogens is 455 g/mol. The topological polar surface area (TPSA) is 78.6 Å². The second kappa shape index (κ2) is 11.2. The van der Waals surface area contributed by atoms with Crippen molar-refractivity contribution in [2.75, 3.05) is 33.2 Å². The van der Waals surface area contributed by atoms with E-state index in [1.807, 2.05) is 14.0 Å². The molecule has 0 radical (unpaired) electrons. The van der Waals surface area contributed by atoms with Crippen molar-refractivity contribution in [2.45, 2.75) is 70.3 Å². The maximum absolute atomic E-state index is 5.16. The van der Waals surface area contributed by atoms with Crippen molar-refractivity contribution in [3.63, 3.8) is 0 Å². The Labute approximate surface area is 180 Å². The van der Waals surface area contributed by atoms with Crippen LogP contribution in [0.2, 0.25) is 0 Å². The van der Waals surface area contributed by atoms with E-state index in [4.69, 9.17) is 4.52 Å². The molecule has 2 heterocycles. The van der Waals surface area contributed by atoms with Gasteiger partial charge in [-0.05, 0) is 45.7 Å². The average Bonchev–Trinajstić information content (AvgIpc) is 3.11. The quantitative estimate of drug-likeness (QED) is 0.363. The Morgan fingerprint density at radius 2 is 1.81 bits per heavy atom. The Balaban J connectivity index is 0.00000261. The highest BCUT2D eigenvalue weighted by atomic mass is 127. The predicted octanol–water partition coefficient (Wildman–Crippen LogP) is 2.89. The second-order valence-corrected chi connectivity index (χ2v) is 7.67. The number of aryl methyl sites for hydroxylation is 1. The minimum Gasteiger partial charge on any atom is -0.356 e. The van der Waals surface area contributed by atoms with Crippen LogP contribution in [0.15, 0.2) is 9.52 Å². The van der Waals surface area contributed by atoms with E-state index < -0.39 is 0 Å². The van der Waals surface area contributed by atoms with E-state index in [0.29, 0.717) is 23.7 Å². The standard InChI is InChI=1S/C19H34N6O.HI/c1-16-23-17(26-24-16)9-12-21-18(20-2)22-15-19(10-5-3-6-11-19)25-13-7-4-8-14-25;/h3-15H2,1-2H3,(H2,20,21,22);1H. The molecule has 1 aromatic heterocycles. The van der Waals surface area contributed by atoms with Crippen LogP contribution in [-0.4, -0.2) is 59.8 Å². The summed E-state index contributed by atoms with van der Waals surface area (Å²) in [6.07, 6.45) is 11.5. The van der Waals surface area contributed by atoms with Crippen LogP contribution in [0.4, 0.5) is 0 Å². The largest absolute Gasteiger partial charge is 0.356 e. The number of nitrogens with one attached hydrogen (secondary N) is 2. The first-order valence-electron chi connectivity index (χ1n) is 10.2. The van der Waals surface area contributed by atoms with E-state index >= 15 is 0 Å². The summed E-state index contributed by atoms with van der Waals surface area (Å²) in [5.74, 6) is 2.22. The smallest absolute Gasteiger partial charge is 0.228 e. The molecule has 3 rings (SSSR count). The zero-order valence-electron chi connectivity index (χ0n) is 16.8. The predicted molar refractivity (Wildman–Crippen MR) is 119 cm³/mol. The van der Waals surface area contributed by atoms with E-state index in [0.717, 1.165) is 19.0 Å². The molecule has 0 aromatic carbocycles. The van der Waals surface area contributed by atoms with Gasteiger partial charge in [0, 0.05) is 32.1 Å². The summed E-state index contributed by atoms with van der Waals surface area (Å²) in [5.41, 5.74) is 0.305. The first-order valence-corrected chi connectivity index (χ1v) is 10.2. The van der Waals surface area contributed by atoms with Gasteiger partial charge in [0.25, 0.3) is 0 Å². The van der Waals surface area contributed by atoms with Crippen molar-refractivity contribution in [2.24, 2.45) is 4.99 Å². The third-order valence-corrected chi connectivity index (χ3v) is 5.82. The van der Waals surface area contributed by atoms with Gasteiger partial charge in [0.05, 0.1) is 0 Å². The molecule has 27 heavy (non-hydrogen) atoms. The van der Waals surface area contributed by atoms with Crippen LogP contribution >= 0.6 is 24.0 Å². The summed E-state index contributed by atoms with van der Waals surface area (Å²) in [6, 6.07) is 0. The van der Waals surface area contributed by atoms with Gasteiger partial charge in [-0.15, -0.1) is 24.0 Å². The summed E-state index contributed by atoms with van der Waals surface area (Å²) < 4.78 is 5.16. The molecule has 0 unspecified atom stereocenters. The SMILES string of the molecule is CN=C(NCCc1nc(C)no1)NCC1(N2CCCCC2)CCCCC1.I. The molecule has 0 atom stereocenters. The normalized spacial score (nSPS) is 20.7. The highest BCUT2D eigenvalue weighted by Gasteiger charge is 2.38. The molecule has 2 fully saturated rings. The number of rotatable bonds is 6. The molecule has 7 nitrogen and oxygen atoms in total. The Morgan fingerprint density at radius 3 is 2.44 bits per heavy atom. The van der Waals surface area contributed by atoms with Crippen molar-refractivity contribution in [3.8, 4) is 0 Å². The molecule has 1 saturated heterocycles. The first kappa shape index (κ1) is 22.4. The molecule has 8 heteroatoms. The minimum atomic E-state index is 0. The van der Waals surface area contributed by atoms with Gasteiger partial charge in [0.1, 0.15) is 0 Å². The number of guanidine groups is 1. The second-order valence-electron chi connectivity index (χ2n) is 7.67. The maximum Gasteiger partial charge on any atom is 0.228 e. The number of hydrogen-bond acceptors (Lipinski definition) is 5. The molecule has 1 aromatic rings. The molecule has 1 aliphatic carbocycles. The Hall–Kier alpha value is -0.900. The zero-order chi connectivity index (χ0) is 18.2. The van der Waals surface area contributed by atoms with Crippen molar-refractivity contribution >= 4 is 29.9 Å². The van der Waals surface area contributed by atoms with Crippen LogP contribution in [0.5, 0.6) is 0 Å². The van der Waals surface area contributed by atoms with E-state index in [1.54, 1.807) is 0 Å². The van der Waals surface area contributed by atoms with Crippen LogP contribution in [0.3, 0.4) is 0 Å². The van der Waals surface area contributed by atoms with E-state index in [2.05, 4.69) is 30.7 Å². The fraction of sp³-hybridized carbons (Fsp3) is 0.842. The van der Waals surface area contributed by atoms with Gasteiger partial charge in [-0.1, -0.05) is 30.8 Å². The lowest BCUT2D eigenvalue weighted by Crippen LogP contribution is -2.59. The van der Waals surface area contributed by atoms with Crippen LogP contribution in [0.1, 0.15) is 63.1 Å². The first-order chi connectivity index (χ1) is 12.7. The Kier molecular flexibility index (Phi) is 9.28. The summed E-state index contributed by atoms with van der Waals surface area (Å²) >= 11 is 0. The number of hydrogen-bond donors (Lipinski definition) is 2. The number of nitrogens with zero attached hydrogens (tertiary/aromatic N) is 4. The average molecular weight is 490 g/mol. The summed E-state index contributed by atoms with van der Waals surface area (Å²) in [7, 11) is 1.83. The van der Waals surface area contributed by atoms with Gasteiger partial charge in [-0.25, -0.2) is 0 Å². The van der Waals surface area contributed by atoms with Crippen LogP contribution in [-0.2, 0) is 6.42 Å². The van der Waals surface area contributed by atoms with Crippen LogP contribution in [0, 0.1) is 6.92 Å². The van der Waals surface area contributed by atoms with Crippen molar-refractivity contribution < 1.29 is 4.52 Å². The minimum absolute atomic E-state index is 0. The van der Waals surface area contributed by atoms with E-state index in [1.165, 1.54) is 64.5 Å². The lowest BCUT2D eigenvalue weighted by atomic mass is 9.79. The van der Waals surface area contributed by atoms with Gasteiger partial charge in [0.15, 0.2) is 11.8 Å². The van der Waals surface area contributed by atoms with Gasteiger partial charge in [-0.2, -0.15) is 4.98 Å². The number of piperidine rings is 1. The highest BCUT2D eigenvalue weighted by Crippen LogP contribution is 2.35. The van der Waals surface area contributed by atoms with Crippen LogP contribution in [0.25, 0.3) is 0 Å². The van der Waals surface area contributed by atoms with Crippen molar-refractivity contribution in [1.82, 2.24) is 25.7 Å². The van der Waals surface area contributed by atoms with Crippen LogP contribution < -0.4 is 10.6 Å². The van der Waals surface area contributed by atoms with Gasteiger partial charge in [-0.3, -0.25) is 9.89 Å². The Bertz CT molecular complexity index is 579. The van der Waals surface area contributed by atoms with Crippen molar-refractivity contribution in [3.05, 3.63) is 11.7 Å². The number of halogens is 1. The number of aromatic nitrogens is 2. The molecule has 0 bridgehead atoms. The molecule has 154 valence electrons. The molecule has 2 aliphatic rings. The third-order valence-electron chi connectivity index (χ3n) is 5.82. The zero-order valence-corrected chi connectivity index (χ0v) is 19.1. The van der Waals surface area contributed by atoms with Crippen molar-refractivity contribution in [1.29, 1.82) is 0 Å². The van der Waals surface area contributed by atoms with Gasteiger partial charge >= 0.3 is 0 Å². The molecular formula is C19H35IN6O. The van der Waals surface area contributed by atoms with E-state index in [-0.39, 0.29) is 24.0 Å². The molecule has 0 spiro atoms. The van der Waals surface area contributed by atoms with E-state index in [9.17, 15) is 0 Å². The fourth-order valence-corrected chi connectivity index (χ4v) is 4.38. The lowest BCUT2D eigenvalue weighted by molar-refractivity contribution is 0.0368. The number of likely N-dealkylation sites (tertiary alicyclic amines) is 1. The van der Waals surface area contributed by atoms with Gasteiger partial charge < -0.3 is 15.2 Å². The maximum atomic E-state index is 5.16. The molecule has 1 saturated carbocycles. The Morgan fingerprint density at radius 1 is 1.11 bits per heavy atom. The molecule has 2 N–H and O–H groups in total. The lowest BCUT2D eigenvalue weighted by Gasteiger charge is -2.48. The third kappa shape index (κ3) is 6.30.